The zero-order valence-electron chi connectivity index (χ0n) is 44.5. The number of hydrogen-bond acceptors (Lipinski definition) is 4. The van der Waals surface area contributed by atoms with Crippen LogP contribution in [0.25, 0.3) is 125 Å². The van der Waals surface area contributed by atoms with Crippen LogP contribution in [-0.2, 0) is 0 Å². The smallest absolute Gasteiger partial charge is 0.159 e. The quantitative estimate of drug-likeness (QED) is 0.154. The van der Waals surface area contributed by atoms with Gasteiger partial charge in [0.15, 0.2) is 5.84 Å². The van der Waals surface area contributed by atoms with Crippen molar-refractivity contribution in [3.8, 4) is 61.3 Å². The highest BCUT2D eigenvalue weighted by Gasteiger charge is 2.26. The molecule has 2 aromatic heterocycles. The van der Waals surface area contributed by atoms with Crippen LogP contribution < -0.4 is 5.32 Å². The Balaban J connectivity index is 0.851. The van der Waals surface area contributed by atoms with Gasteiger partial charge >= 0.3 is 0 Å². The summed E-state index contributed by atoms with van der Waals surface area (Å²) in [6.45, 7) is 0. The van der Waals surface area contributed by atoms with E-state index in [1.165, 1.54) is 85.8 Å². The summed E-state index contributed by atoms with van der Waals surface area (Å²) < 4.78 is 5.02. The van der Waals surface area contributed by atoms with Crippen LogP contribution in [0.1, 0.15) is 22.9 Å². The molecular formula is C77H50N4S. The molecule has 3 heterocycles. The molecule has 16 rings (SSSR count). The molecule has 384 valence electrons. The van der Waals surface area contributed by atoms with E-state index in [0.29, 0.717) is 5.84 Å². The highest BCUT2D eigenvalue weighted by Crippen LogP contribution is 2.43. The van der Waals surface area contributed by atoms with Gasteiger partial charge in [-0.3, -0.25) is 0 Å². The van der Waals surface area contributed by atoms with Crippen LogP contribution in [0.4, 0.5) is 0 Å². The molecule has 1 aliphatic heterocycles. The normalized spacial score (nSPS) is 13.5. The molecule has 0 saturated carbocycles. The van der Waals surface area contributed by atoms with Crippen molar-refractivity contribution in [3.05, 3.63) is 308 Å². The predicted octanol–water partition coefficient (Wildman–Crippen LogP) is 20.3. The summed E-state index contributed by atoms with van der Waals surface area (Å²) in [6.07, 6.45) is -0.497. The molecule has 0 spiro atoms. The third-order valence-electron chi connectivity index (χ3n) is 16.5. The van der Waals surface area contributed by atoms with Gasteiger partial charge in [-0.2, -0.15) is 0 Å². The van der Waals surface area contributed by atoms with Gasteiger partial charge < -0.3 is 9.88 Å². The van der Waals surface area contributed by atoms with Crippen molar-refractivity contribution in [1.82, 2.24) is 9.88 Å². The molecule has 4 nitrogen and oxygen atoms in total. The van der Waals surface area contributed by atoms with Crippen LogP contribution in [0.15, 0.2) is 301 Å². The molecule has 0 bridgehead atoms. The first-order valence-electron chi connectivity index (χ1n) is 28.0. The fourth-order valence-corrected chi connectivity index (χ4v) is 13.3. The zero-order chi connectivity index (χ0) is 54.1. The Bertz CT molecular complexity index is 4920. The van der Waals surface area contributed by atoms with Crippen LogP contribution in [-0.4, -0.2) is 16.2 Å². The maximum absolute atomic E-state index is 5.61. The first kappa shape index (κ1) is 47.5. The fourth-order valence-electron chi connectivity index (χ4n) is 12.2. The number of amidine groups is 2. The van der Waals surface area contributed by atoms with Crippen molar-refractivity contribution < 1.29 is 0 Å². The average molecular weight is 1060 g/mol. The van der Waals surface area contributed by atoms with E-state index < -0.39 is 6.17 Å². The second-order valence-corrected chi connectivity index (χ2v) is 22.4. The molecule has 0 fully saturated rings. The minimum Gasteiger partial charge on any atom is -0.344 e. The Morgan fingerprint density at radius 1 is 0.317 bits per heavy atom. The van der Waals surface area contributed by atoms with Crippen molar-refractivity contribution in [2.24, 2.45) is 9.98 Å². The number of fused-ring (bicyclic) bond motifs is 8. The average Bonchev–Trinajstić information content (AvgIpc) is 4.16. The van der Waals surface area contributed by atoms with Crippen LogP contribution >= 0.6 is 11.3 Å². The minimum atomic E-state index is -0.497. The summed E-state index contributed by atoms with van der Waals surface area (Å²) in [7, 11) is 0. The summed E-state index contributed by atoms with van der Waals surface area (Å²) in [5.74, 6) is 1.43. The van der Waals surface area contributed by atoms with Crippen molar-refractivity contribution >= 4 is 86.5 Å². The van der Waals surface area contributed by atoms with Gasteiger partial charge in [0.2, 0.25) is 0 Å². The van der Waals surface area contributed by atoms with E-state index in [4.69, 9.17) is 9.98 Å². The molecule has 0 radical (unpaired) electrons. The second-order valence-electron chi connectivity index (χ2n) is 21.4. The third kappa shape index (κ3) is 8.46. The van der Waals surface area contributed by atoms with Gasteiger partial charge in [-0.25, -0.2) is 9.98 Å². The highest BCUT2D eigenvalue weighted by atomic mass is 32.1. The van der Waals surface area contributed by atoms with E-state index in [1.54, 1.807) is 0 Å². The molecular weight excluding hydrogens is 1010 g/mol. The summed E-state index contributed by atoms with van der Waals surface area (Å²) in [6, 6.07) is 106. The largest absolute Gasteiger partial charge is 0.344 e. The lowest BCUT2D eigenvalue weighted by Crippen LogP contribution is -2.33. The molecule has 0 saturated heterocycles. The first-order chi connectivity index (χ1) is 40.6. The molecule has 0 aliphatic carbocycles. The maximum Gasteiger partial charge on any atom is 0.159 e. The van der Waals surface area contributed by atoms with E-state index >= 15 is 0 Å². The molecule has 1 unspecified atom stereocenters. The van der Waals surface area contributed by atoms with E-state index in [-0.39, 0.29) is 0 Å². The van der Waals surface area contributed by atoms with Gasteiger partial charge in [-0.05, 0) is 132 Å². The van der Waals surface area contributed by atoms with E-state index in [1.807, 2.05) is 11.3 Å². The number of benzene rings is 13. The van der Waals surface area contributed by atoms with Crippen molar-refractivity contribution in [2.45, 2.75) is 6.17 Å². The number of nitrogens with zero attached hydrogens (tertiary/aromatic N) is 3. The first-order valence-corrected chi connectivity index (χ1v) is 28.8. The fraction of sp³-hybridized carbons (Fsp3) is 0.0130. The lowest BCUT2D eigenvalue weighted by atomic mass is 9.95. The number of nitrogens with one attached hydrogen (secondary N) is 1. The van der Waals surface area contributed by atoms with Crippen molar-refractivity contribution in [1.29, 1.82) is 0 Å². The van der Waals surface area contributed by atoms with Gasteiger partial charge in [-0.1, -0.05) is 237 Å². The van der Waals surface area contributed by atoms with Crippen LogP contribution in [0.2, 0.25) is 0 Å². The van der Waals surface area contributed by atoms with Gasteiger partial charge in [0, 0.05) is 53.3 Å². The highest BCUT2D eigenvalue weighted by molar-refractivity contribution is 7.25. The minimum absolute atomic E-state index is 0.497. The molecule has 13 aromatic carbocycles. The number of rotatable bonds is 9. The summed E-state index contributed by atoms with van der Waals surface area (Å²) in [5, 5.41) is 13.7. The Morgan fingerprint density at radius 3 is 1.28 bits per heavy atom. The van der Waals surface area contributed by atoms with Gasteiger partial charge in [-0.15, -0.1) is 11.3 Å². The van der Waals surface area contributed by atoms with Gasteiger partial charge in [0.1, 0.15) is 12.0 Å². The third-order valence-corrected chi connectivity index (χ3v) is 17.6. The maximum atomic E-state index is 5.61. The number of aliphatic imine (C=N–C) groups is 2. The molecule has 82 heavy (non-hydrogen) atoms. The summed E-state index contributed by atoms with van der Waals surface area (Å²) in [5.41, 5.74) is 18.0. The molecule has 0 amide bonds. The number of aromatic nitrogens is 1. The Morgan fingerprint density at radius 2 is 0.744 bits per heavy atom. The topological polar surface area (TPSA) is 41.7 Å². The standard InChI is InChI=1S/C77H50N4S/c1-3-13-49(14-4-1)51-23-27-53(28-24-51)55-31-35-57(36-32-55)75-78-76(58-37-33-56(34-38-58)54-29-25-52(26-30-54)50-15-5-2-6-16-50)80-77(79-75)66-41-40-64(48-67(66)63-39-42-74-70(45-63)65-21-11-12-22-73(65)82-74)81-71-46-61-19-9-7-17-59(61)43-68(71)69-44-60-18-8-10-20-62(60)47-72(69)81/h1-48,77H,(H,78,79,80). The zero-order valence-corrected chi connectivity index (χ0v) is 45.4. The van der Waals surface area contributed by atoms with Crippen LogP contribution in [0.5, 0.6) is 0 Å². The number of hydrogen-bond donors (Lipinski definition) is 1. The Hall–Kier alpha value is -10.5. The molecule has 1 atom stereocenters. The van der Waals surface area contributed by atoms with Crippen LogP contribution in [0, 0.1) is 0 Å². The van der Waals surface area contributed by atoms with E-state index in [9.17, 15) is 0 Å². The monoisotopic (exact) mass is 1060 g/mol. The van der Waals surface area contributed by atoms with Crippen LogP contribution in [0.3, 0.4) is 0 Å². The van der Waals surface area contributed by atoms with E-state index in [2.05, 4.69) is 301 Å². The van der Waals surface area contributed by atoms with Gasteiger partial charge in [0.25, 0.3) is 0 Å². The Kier molecular flexibility index (Phi) is 11.4. The van der Waals surface area contributed by atoms with Gasteiger partial charge in [0.05, 0.1) is 11.0 Å². The lowest BCUT2D eigenvalue weighted by molar-refractivity contribution is 0.675. The van der Waals surface area contributed by atoms with Crippen molar-refractivity contribution in [3.63, 3.8) is 0 Å². The van der Waals surface area contributed by atoms with Crippen molar-refractivity contribution in [2.75, 3.05) is 0 Å². The second kappa shape index (κ2) is 19.7. The SMILES string of the molecule is c1ccc(-c2ccc(-c3ccc(C4=NC(c5ccc(-n6c7cc8ccccc8cc7c7cc8ccccc8cc76)cc5-c5ccc6sc7ccccc7c6c5)NC(c5ccc(-c6ccc(-c7ccccc7)cc6)cc5)=N4)cc3)cc2)cc1. The Labute approximate surface area is 478 Å². The summed E-state index contributed by atoms with van der Waals surface area (Å²) >= 11 is 1.84. The predicted molar refractivity (Wildman–Crippen MR) is 348 cm³/mol. The molecule has 15 aromatic rings. The molecule has 1 aliphatic rings. The lowest BCUT2D eigenvalue weighted by Gasteiger charge is -2.26. The van der Waals surface area contributed by atoms with E-state index in [0.717, 1.165) is 61.6 Å². The summed E-state index contributed by atoms with van der Waals surface area (Å²) in [4.78, 5) is 11.0. The molecule has 1 N–H and O–H groups in total. The molecule has 5 heteroatoms. The number of thiophene rings is 1.